The molecule has 0 fully saturated rings. The summed E-state index contributed by atoms with van der Waals surface area (Å²) < 4.78 is 0. The van der Waals surface area contributed by atoms with Crippen LogP contribution in [0.3, 0.4) is 0 Å². The summed E-state index contributed by atoms with van der Waals surface area (Å²) in [7, 11) is 1.70. The van der Waals surface area contributed by atoms with Gasteiger partial charge in [-0.05, 0) is 37.6 Å². The first-order chi connectivity index (χ1) is 8.99. The molecule has 0 aliphatic carbocycles. The Hall–Kier alpha value is -2.29. The number of carbonyl (C=O) groups is 1. The van der Waals surface area contributed by atoms with E-state index in [9.17, 15) is 9.90 Å². The third kappa shape index (κ3) is 2.76. The highest BCUT2D eigenvalue weighted by molar-refractivity contribution is 6.06. The molecule has 19 heavy (non-hydrogen) atoms. The normalized spacial score (nSPS) is 10.3. The fraction of sp³-hybridized carbons (Fsp3) is 0.188. The van der Waals surface area contributed by atoms with E-state index in [1.807, 2.05) is 32.0 Å². The molecule has 0 aliphatic rings. The zero-order valence-corrected chi connectivity index (χ0v) is 11.3. The largest absolute Gasteiger partial charge is 0.508 e. The third-order valence-corrected chi connectivity index (χ3v) is 3.13. The van der Waals surface area contributed by atoms with E-state index in [-0.39, 0.29) is 11.7 Å². The van der Waals surface area contributed by atoms with Crippen LogP contribution in [0.1, 0.15) is 21.5 Å². The molecule has 0 aromatic heterocycles. The number of aryl methyl sites for hydroxylation is 2. The van der Waals surface area contributed by atoms with Gasteiger partial charge in [0, 0.05) is 24.4 Å². The van der Waals surface area contributed by atoms with Crippen molar-refractivity contribution >= 4 is 11.6 Å². The van der Waals surface area contributed by atoms with Crippen LogP contribution in [0.2, 0.25) is 0 Å². The lowest BCUT2D eigenvalue weighted by molar-refractivity contribution is 0.0992. The molecule has 0 saturated heterocycles. The second-order valence-electron chi connectivity index (χ2n) is 4.70. The smallest absolute Gasteiger partial charge is 0.258 e. The fourth-order valence-electron chi connectivity index (χ4n) is 2.05. The predicted octanol–water partition coefficient (Wildman–Crippen LogP) is 3.29. The molecule has 98 valence electrons. The van der Waals surface area contributed by atoms with Crippen molar-refractivity contribution in [2.45, 2.75) is 13.8 Å². The number of hydrogen-bond donors (Lipinski definition) is 1. The second kappa shape index (κ2) is 5.14. The van der Waals surface area contributed by atoms with Gasteiger partial charge in [-0.1, -0.05) is 23.8 Å². The van der Waals surface area contributed by atoms with Gasteiger partial charge in [0.1, 0.15) is 5.75 Å². The zero-order valence-electron chi connectivity index (χ0n) is 11.3. The van der Waals surface area contributed by atoms with E-state index in [1.54, 1.807) is 31.3 Å². The molecular weight excluding hydrogens is 238 g/mol. The number of benzene rings is 2. The van der Waals surface area contributed by atoms with Crippen molar-refractivity contribution in [3.8, 4) is 5.75 Å². The summed E-state index contributed by atoms with van der Waals surface area (Å²) in [6.07, 6.45) is 0. The van der Waals surface area contributed by atoms with Crippen molar-refractivity contribution < 1.29 is 9.90 Å². The van der Waals surface area contributed by atoms with Gasteiger partial charge in [0.2, 0.25) is 0 Å². The van der Waals surface area contributed by atoms with Crippen molar-refractivity contribution in [2.24, 2.45) is 0 Å². The number of nitrogens with zero attached hydrogens (tertiary/aromatic N) is 1. The van der Waals surface area contributed by atoms with E-state index in [1.165, 1.54) is 4.90 Å². The first-order valence-electron chi connectivity index (χ1n) is 6.13. The van der Waals surface area contributed by atoms with Gasteiger partial charge in [0.25, 0.3) is 5.91 Å². The Bertz CT molecular complexity index is 620. The maximum atomic E-state index is 12.4. The minimum Gasteiger partial charge on any atom is -0.508 e. The highest BCUT2D eigenvalue weighted by Crippen LogP contribution is 2.21. The van der Waals surface area contributed by atoms with Crippen molar-refractivity contribution in [1.82, 2.24) is 0 Å². The van der Waals surface area contributed by atoms with E-state index in [0.29, 0.717) is 11.3 Å². The highest BCUT2D eigenvalue weighted by Gasteiger charge is 2.15. The van der Waals surface area contributed by atoms with Gasteiger partial charge in [-0.25, -0.2) is 0 Å². The van der Waals surface area contributed by atoms with Crippen LogP contribution in [0, 0.1) is 13.8 Å². The Balaban J connectivity index is 2.33. The van der Waals surface area contributed by atoms with Crippen LogP contribution in [-0.4, -0.2) is 18.1 Å². The van der Waals surface area contributed by atoms with Gasteiger partial charge in [0.05, 0.1) is 0 Å². The van der Waals surface area contributed by atoms with Crippen molar-refractivity contribution in [3.63, 3.8) is 0 Å². The van der Waals surface area contributed by atoms with Crippen molar-refractivity contribution in [2.75, 3.05) is 11.9 Å². The van der Waals surface area contributed by atoms with Crippen LogP contribution >= 0.6 is 0 Å². The number of rotatable bonds is 2. The first-order valence-corrected chi connectivity index (χ1v) is 6.13. The molecule has 0 spiro atoms. The number of phenols is 1. The predicted molar refractivity (Wildman–Crippen MR) is 76.8 cm³/mol. The number of carbonyl (C=O) groups excluding carboxylic acids is 1. The molecule has 0 aliphatic heterocycles. The summed E-state index contributed by atoms with van der Waals surface area (Å²) in [5.41, 5.74) is 3.44. The molecule has 0 bridgehead atoms. The Labute approximate surface area is 113 Å². The maximum absolute atomic E-state index is 12.4. The lowest BCUT2D eigenvalue weighted by Crippen LogP contribution is -2.26. The minimum atomic E-state index is -0.0805. The molecule has 2 aromatic carbocycles. The monoisotopic (exact) mass is 255 g/mol. The number of aromatic hydroxyl groups is 1. The molecule has 0 unspecified atom stereocenters. The van der Waals surface area contributed by atoms with Crippen molar-refractivity contribution in [3.05, 3.63) is 59.2 Å². The Morgan fingerprint density at radius 3 is 2.47 bits per heavy atom. The van der Waals surface area contributed by atoms with E-state index < -0.39 is 0 Å². The topological polar surface area (TPSA) is 40.5 Å². The molecule has 3 nitrogen and oxygen atoms in total. The van der Waals surface area contributed by atoms with Crippen LogP contribution in [0.15, 0.2) is 42.5 Å². The van der Waals surface area contributed by atoms with E-state index in [2.05, 4.69) is 0 Å². The summed E-state index contributed by atoms with van der Waals surface area (Å²) in [4.78, 5) is 14.0. The Morgan fingerprint density at radius 1 is 1.11 bits per heavy atom. The standard InChI is InChI=1S/C16H17NO2/c1-11-7-8-15(12(2)9-11)16(19)17(3)13-5-4-6-14(18)10-13/h4-10,18H,1-3H3. The van der Waals surface area contributed by atoms with Gasteiger partial charge in [0.15, 0.2) is 0 Å². The average Bonchev–Trinajstić information content (AvgIpc) is 2.37. The van der Waals surface area contributed by atoms with Crippen molar-refractivity contribution in [1.29, 1.82) is 0 Å². The molecule has 0 saturated carbocycles. The lowest BCUT2D eigenvalue weighted by atomic mass is 10.0. The summed E-state index contributed by atoms with van der Waals surface area (Å²) >= 11 is 0. The molecule has 1 amide bonds. The number of hydrogen-bond acceptors (Lipinski definition) is 2. The minimum absolute atomic E-state index is 0.0805. The van der Waals surface area contributed by atoms with Crippen LogP contribution in [-0.2, 0) is 0 Å². The lowest BCUT2D eigenvalue weighted by Gasteiger charge is -2.19. The number of anilines is 1. The van der Waals surface area contributed by atoms with Gasteiger partial charge in [-0.15, -0.1) is 0 Å². The molecule has 2 aromatic rings. The van der Waals surface area contributed by atoms with E-state index in [0.717, 1.165) is 11.1 Å². The van der Waals surface area contributed by atoms with E-state index in [4.69, 9.17) is 0 Å². The Kier molecular flexibility index (Phi) is 3.56. The van der Waals surface area contributed by atoms with Crippen LogP contribution in [0.5, 0.6) is 5.75 Å². The van der Waals surface area contributed by atoms with Gasteiger partial charge < -0.3 is 10.0 Å². The van der Waals surface area contributed by atoms with Crippen LogP contribution in [0.25, 0.3) is 0 Å². The second-order valence-corrected chi connectivity index (χ2v) is 4.70. The number of amides is 1. The fourth-order valence-corrected chi connectivity index (χ4v) is 2.05. The molecule has 0 heterocycles. The zero-order chi connectivity index (χ0) is 14.0. The quantitative estimate of drug-likeness (QED) is 0.894. The Morgan fingerprint density at radius 2 is 1.84 bits per heavy atom. The summed E-state index contributed by atoms with van der Waals surface area (Å²) in [6.45, 7) is 3.93. The molecule has 3 heteroatoms. The summed E-state index contributed by atoms with van der Waals surface area (Å²) in [5.74, 6) is 0.0703. The molecule has 0 radical (unpaired) electrons. The van der Waals surface area contributed by atoms with Crippen LogP contribution in [0.4, 0.5) is 5.69 Å². The first kappa shape index (κ1) is 13.1. The third-order valence-electron chi connectivity index (χ3n) is 3.13. The molecule has 0 atom stereocenters. The van der Waals surface area contributed by atoms with E-state index >= 15 is 0 Å². The SMILES string of the molecule is Cc1ccc(C(=O)N(C)c2cccc(O)c2)c(C)c1. The number of phenolic OH excluding ortho intramolecular Hbond substituents is 1. The van der Waals surface area contributed by atoms with Gasteiger partial charge in [-0.3, -0.25) is 4.79 Å². The molecule has 2 rings (SSSR count). The van der Waals surface area contributed by atoms with Gasteiger partial charge in [-0.2, -0.15) is 0 Å². The summed E-state index contributed by atoms with van der Waals surface area (Å²) in [5, 5.41) is 9.47. The summed E-state index contributed by atoms with van der Waals surface area (Å²) in [6, 6.07) is 12.4. The van der Waals surface area contributed by atoms with Crippen LogP contribution < -0.4 is 4.90 Å². The van der Waals surface area contributed by atoms with Gasteiger partial charge >= 0.3 is 0 Å². The highest BCUT2D eigenvalue weighted by atomic mass is 16.3. The average molecular weight is 255 g/mol. The maximum Gasteiger partial charge on any atom is 0.258 e. The molecule has 1 N–H and O–H groups in total. The molecular formula is C16H17NO2.